The van der Waals surface area contributed by atoms with Gasteiger partial charge in [0.1, 0.15) is 5.75 Å². The van der Waals surface area contributed by atoms with Crippen molar-refractivity contribution in [1.82, 2.24) is 4.90 Å². The smallest absolute Gasteiger partial charge is 0.253 e. The molecule has 0 radical (unpaired) electrons. The number of carbonyl (C=O) groups is 1. The van der Waals surface area contributed by atoms with E-state index in [1.54, 1.807) is 24.1 Å². The topological polar surface area (TPSA) is 48.0 Å². The van der Waals surface area contributed by atoms with Crippen molar-refractivity contribution in [2.75, 3.05) is 34.4 Å². The molecule has 0 fully saturated rings. The average Bonchev–Trinajstić information content (AvgIpc) is 2.64. The van der Waals surface area contributed by atoms with Gasteiger partial charge in [0.15, 0.2) is 11.5 Å². The molecule has 25 heavy (non-hydrogen) atoms. The van der Waals surface area contributed by atoms with Gasteiger partial charge in [-0.05, 0) is 30.7 Å². The summed E-state index contributed by atoms with van der Waals surface area (Å²) in [5, 5.41) is 0.339. The van der Waals surface area contributed by atoms with Gasteiger partial charge in [-0.3, -0.25) is 4.79 Å². The number of methoxy groups -OCH3 is 2. The number of ether oxygens (including phenoxy) is 3. The summed E-state index contributed by atoms with van der Waals surface area (Å²) in [5.41, 5.74) is 0.453. The molecule has 0 N–H and O–H groups in total. The predicted octanol–water partition coefficient (Wildman–Crippen LogP) is 3.90. The molecule has 0 aliphatic carbocycles. The van der Waals surface area contributed by atoms with Gasteiger partial charge in [0.2, 0.25) is 0 Å². The van der Waals surface area contributed by atoms with Gasteiger partial charge in [-0.15, -0.1) is 0 Å². The van der Waals surface area contributed by atoms with Crippen molar-refractivity contribution in [3.63, 3.8) is 0 Å². The number of benzene rings is 2. The highest BCUT2D eigenvalue weighted by Gasteiger charge is 2.17. The van der Waals surface area contributed by atoms with Crippen molar-refractivity contribution < 1.29 is 19.0 Å². The van der Waals surface area contributed by atoms with Crippen molar-refractivity contribution in [1.29, 1.82) is 0 Å². The Balaban J connectivity index is 1.92. The Hall–Kier alpha value is -2.40. The highest BCUT2D eigenvalue weighted by molar-refractivity contribution is 6.32. The second-order valence-electron chi connectivity index (χ2n) is 5.44. The van der Waals surface area contributed by atoms with E-state index in [1.165, 1.54) is 14.2 Å². The second kappa shape index (κ2) is 9.18. The minimum Gasteiger partial charge on any atom is -0.494 e. The van der Waals surface area contributed by atoms with Crippen LogP contribution in [0.4, 0.5) is 0 Å². The third kappa shape index (κ3) is 5.03. The van der Waals surface area contributed by atoms with E-state index < -0.39 is 0 Å². The number of halogens is 1. The summed E-state index contributed by atoms with van der Waals surface area (Å²) in [4.78, 5) is 14.2. The summed E-state index contributed by atoms with van der Waals surface area (Å²) in [6, 6.07) is 12.8. The molecule has 0 saturated heterocycles. The molecule has 0 saturated carbocycles. The van der Waals surface area contributed by atoms with Gasteiger partial charge in [0, 0.05) is 19.2 Å². The number of hydrogen-bond donors (Lipinski definition) is 0. The Morgan fingerprint density at radius 3 is 2.48 bits per heavy atom. The van der Waals surface area contributed by atoms with Crippen molar-refractivity contribution in [2.45, 2.75) is 6.42 Å². The molecule has 6 heteroatoms. The highest BCUT2D eigenvalue weighted by Crippen LogP contribution is 2.36. The van der Waals surface area contributed by atoms with E-state index >= 15 is 0 Å². The second-order valence-corrected chi connectivity index (χ2v) is 5.84. The van der Waals surface area contributed by atoms with Crippen LogP contribution >= 0.6 is 11.6 Å². The maximum atomic E-state index is 12.6. The Kier molecular flexibility index (Phi) is 6.95. The van der Waals surface area contributed by atoms with Crippen molar-refractivity contribution in [3.8, 4) is 17.2 Å². The Morgan fingerprint density at radius 1 is 1.12 bits per heavy atom. The molecule has 0 aliphatic rings. The molecular formula is C19H22ClNO4. The minimum absolute atomic E-state index is 0.137. The lowest BCUT2D eigenvalue weighted by atomic mass is 10.1. The highest BCUT2D eigenvalue weighted by atomic mass is 35.5. The molecule has 0 heterocycles. The number of rotatable bonds is 8. The third-order valence-corrected chi connectivity index (χ3v) is 3.96. The fourth-order valence-electron chi connectivity index (χ4n) is 2.37. The molecule has 0 unspecified atom stereocenters. The maximum Gasteiger partial charge on any atom is 0.253 e. The van der Waals surface area contributed by atoms with Crippen LogP contribution < -0.4 is 14.2 Å². The minimum atomic E-state index is -0.137. The first-order valence-electron chi connectivity index (χ1n) is 7.91. The molecular weight excluding hydrogens is 342 g/mol. The van der Waals surface area contributed by atoms with Gasteiger partial charge < -0.3 is 19.1 Å². The maximum absolute atomic E-state index is 12.6. The first kappa shape index (κ1) is 18.9. The van der Waals surface area contributed by atoms with Crippen LogP contribution in [-0.2, 0) is 0 Å². The van der Waals surface area contributed by atoms with Crippen molar-refractivity contribution >= 4 is 17.5 Å². The number of para-hydroxylation sites is 1. The number of hydrogen-bond acceptors (Lipinski definition) is 4. The molecule has 0 aliphatic heterocycles. The lowest BCUT2D eigenvalue weighted by Gasteiger charge is -2.19. The monoisotopic (exact) mass is 363 g/mol. The number of amides is 1. The molecule has 0 atom stereocenters. The molecule has 2 rings (SSSR count). The van der Waals surface area contributed by atoms with Crippen LogP contribution in [0, 0.1) is 0 Å². The Labute approximate surface area is 153 Å². The van der Waals surface area contributed by atoms with Gasteiger partial charge in [0.25, 0.3) is 5.91 Å². The van der Waals surface area contributed by atoms with Crippen LogP contribution in [0.25, 0.3) is 0 Å². The lowest BCUT2D eigenvalue weighted by Crippen LogP contribution is -2.28. The fraction of sp³-hybridized carbons (Fsp3) is 0.316. The Bertz CT molecular complexity index is 706. The predicted molar refractivity (Wildman–Crippen MR) is 98.1 cm³/mol. The quantitative estimate of drug-likeness (QED) is 0.667. The summed E-state index contributed by atoms with van der Waals surface area (Å²) in [7, 11) is 4.76. The van der Waals surface area contributed by atoms with Gasteiger partial charge in [-0.1, -0.05) is 29.8 Å². The van der Waals surface area contributed by atoms with Crippen LogP contribution in [0.5, 0.6) is 17.2 Å². The van der Waals surface area contributed by atoms with Gasteiger partial charge in [0.05, 0.1) is 25.8 Å². The van der Waals surface area contributed by atoms with Crippen molar-refractivity contribution in [2.24, 2.45) is 0 Å². The molecule has 0 spiro atoms. The zero-order valence-electron chi connectivity index (χ0n) is 14.6. The molecule has 1 amide bonds. The molecule has 2 aromatic carbocycles. The van der Waals surface area contributed by atoms with Crippen LogP contribution in [0.2, 0.25) is 5.02 Å². The summed E-state index contributed by atoms with van der Waals surface area (Å²) in [5.74, 6) is 1.53. The van der Waals surface area contributed by atoms with E-state index in [2.05, 4.69) is 0 Å². The number of nitrogens with zero attached hydrogens (tertiary/aromatic N) is 1. The number of carbonyl (C=O) groups excluding carboxylic acids is 1. The average molecular weight is 364 g/mol. The first-order chi connectivity index (χ1) is 12.1. The normalized spacial score (nSPS) is 10.2. The largest absolute Gasteiger partial charge is 0.494 e. The summed E-state index contributed by atoms with van der Waals surface area (Å²) in [6.45, 7) is 1.10. The van der Waals surface area contributed by atoms with E-state index in [1.807, 2.05) is 30.3 Å². The van der Waals surface area contributed by atoms with Gasteiger partial charge in [-0.25, -0.2) is 0 Å². The fourth-order valence-corrected chi connectivity index (χ4v) is 2.66. The molecule has 5 nitrogen and oxygen atoms in total. The molecule has 0 bridgehead atoms. The summed E-state index contributed by atoms with van der Waals surface area (Å²) >= 11 is 6.16. The van der Waals surface area contributed by atoms with Crippen LogP contribution in [0.15, 0.2) is 42.5 Å². The zero-order valence-corrected chi connectivity index (χ0v) is 15.4. The van der Waals surface area contributed by atoms with Crippen LogP contribution in [0.1, 0.15) is 16.8 Å². The van der Waals surface area contributed by atoms with E-state index in [0.29, 0.717) is 35.2 Å². The third-order valence-electron chi connectivity index (χ3n) is 3.68. The first-order valence-corrected chi connectivity index (χ1v) is 8.29. The molecule has 2 aromatic rings. The zero-order chi connectivity index (χ0) is 18.2. The summed E-state index contributed by atoms with van der Waals surface area (Å²) in [6.07, 6.45) is 0.720. The van der Waals surface area contributed by atoms with Crippen LogP contribution in [0.3, 0.4) is 0 Å². The van der Waals surface area contributed by atoms with E-state index in [0.717, 1.165) is 12.2 Å². The van der Waals surface area contributed by atoms with E-state index in [-0.39, 0.29) is 5.91 Å². The molecule has 134 valence electrons. The molecule has 0 aromatic heterocycles. The van der Waals surface area contributed by atoms with Crippen molar-refractivity contribution in [3.05, 3.63) is 53.1 Å². The standard InChI is InChI=1S/C19H22ClNO4/c1-21(10-7-11-25-15-8-5-4-6-9-15)19(22)14-12-16(20)18(24-3)17(13-14)23-2/h4-6,8-9,12-13H,7,10-11H2,1-3H3. The van der Waals surface area contributed by atoms with E-state index in [4.69, 9.17) is 25.8 Å². The van der Waals surface area contributed by atoms with Gasteiger partial charge in [-0.2, -0.15) is 0 Å². The van der Waals surface area contributed by atoms with Crippen LogP contribution in [-0.4, -0.2) is 45.2 Å². The van der Waals surface area contributed by atoms with Gasteiger partial charge >= 0.3 is 0 Å². The lowest BCUT2D eigenvalue weighted by molar-refractivity contribution is 0.0787. The Morgan fingerprint density at radius 2 is 1.84 bits per heavy atom. The summed E-state index contributed by atoms with van der Waals surface area (Å²) < 4.78 is 16.1. The SMILES string of the molecule is COc1cc(C(=O)N(C)CCCOc2ccccc2)cc(Cl)c1OC. The van der Waals surface area contributed by atoms with E-state index in [9.17, 15) is 4.79 Å².